The predicted molar refractivity (Wildman–Crippen MR) is 175 cm³/mol. The van der Waals surface area contributed by atoms with Gasteiger partial charge in [-0.05, 0) is 67.3 Å². The standard InChI is InChI=1S/C35H34FN9O2/c1-42-22-38-33(41-42)25-4-2-23(3-5-25)24-10-14-44(15-11-24)31(46)20-43-16-12-35(21-43)13-17-45(34(35)47)27-7-8-29-28(18-27)32(40-39-29)26-6-9-30(36)37-19-26/h2-10,18-19,22H,11-17,20-21H2,1H3,(H,39,40)/t35-/m0/s1. The van der Waals surface area contributed by atoms with Crippen LogP contribution in [-0.2, 0) is 16.6 Å². The second-order valence-electron chi connectivity index (χ2n) is 12.8. The Labute approximate surface area is 270 Å². The molecule has 2 aromatic carbocycles. The van der Waals surface area contributed by atoms with E-state index in [9.17, 15) is 14.0 Å². The normalized spacial score (nSPS) is 20.1. The van der Waals surface area contributed by atoms with Gasteiger partial charge in [0.1, 0.15) is 12.0 Å². The van der Waals surface area contributed by atoms with Crippen molar-refractivity contribution in [3.8, 4) is 22.6 Å². The third kappa shape index (κ3) is 5.38. The van der Waals surface area contributed by atoms with Gasteiger partial charge in [-0.25, -0.2) is 9.97 Å². The van der Waals surface area contributed by atoms with Gasteiger partial charge in [0, 0.05) is 61.6 Å². The number of likely N-dealkylation sites (tertiary alicyclic amines) is 1. The summed E-state index contributed by atoms with van der Waals surface area (Å²) in [5, 5.41) is 12.7. The van der Waals surface area contributed by atoms with Crippen LogP contribution < -0.4 is 4.90 Å². The van der Waals surface area contributed by atoms with Crippen molar-refractivity contribution in [2.24, 2.45) is 12.5 Å². The van der Waals surface area contributed by atoms with E-state index in [4.69, 9.17) is 0 Å². The van der Waals surface area contributed by atoms with E-state index in [0.717, 1.165) is 53.5 Å². The van der Waals surface area contributed by atoms with Gasteiger partial charge in [-0.2, -0.15) is 14.6 Å². The summed E-state index contributed by atoms with van der Waals surface area (Å²) in [6.45, 7) is 3.50. The Hall–Kier alpha value is -5.23. The van der Waals surface area contributed by atoms with Gasteiger partial charge in [0.05, 0.1) is 17.5 Å². The number of carbonyl (C=O) groups excluding carboxylic acids is 2. The lowest BCUT2D eigenvalue weighted by molar-refractivity contribution is -0.132. The third-order valence-electron chi connectivity index (χ3n) is 9.84. The van der Waals surface area contributed by atoms with Crippen molar-refractivity contribution >= 4 is 34.0 Å². The Bertz CT molecular complexity index is 2020. The van der Waals surface area contributed by atoms with E-state index in [1.807, 2.05) is 47.2 Å². The van der Waals surface area contributed by atoms with Crippen LogP contribution in [0.4, 0.5) is 10.1 Å². The molecule has 2 saturated heterocycles. The van der Waals surface area contributed by atoms with Crippen molar-refractivity contribution in [1.82, 2.24) is 39.7 Å². The number of aryl methyl sites for hydroxylation is 1. The lowest BCUT2D eigenvalue weighted by atomic mass is 9.85. The second kappa shape index (κ2) is 11.5. The summed E-state index contributed by atoms with van der Waals surface area (Å²) < 4.78 is 15.1. The lowest BCUT2D eigenvalue weighted by Gasteiger charge is -2.29. The van der Waals surface area contributed by atoms with Crippen LogP contribution in [0, 0.1) is 11.4 Å². The fraction of sp³-hybridized carbons (Fsp3) is 0.314. The van der Waals surface area contributed by atoms with Crippen molar-refractivity contribution in [2.45, 2.75) is 19.3 Å². The van der Waals surface area contributed by atoms with Gasteiger partial charge in [0.15, 0.2) is 5.82 Å². The summed E-state index contributed by atoms with van der Waals surface area (Å²) in [7, 11) is 1.85. The Balaban J connectivity index is 0.894. The minimum atomic E-state index is -0.547. The molecule has 0 radical (unpaired) electrons. The smallest absolute Gasteiger partial charge is 0.237 e. The van der Waals surface area contributed by atoms with Crippen molar-refractivity contribution in [3.63, 3.8) is 0 Å². The number of halogens is 1. The van der Waals surface area contributed by atoms with E-state index in [1.54, 1.807) is 17.1 Å². The van der Waals surface area contributed by atoms with Crippen molar-refractivity contribution in [3.05, 3.63) is 84.7 Å². The molecule has 3 aliphatic heterocycles. The number of nitrogens with one attached hydrogen (secondary N) is 1. The lowest BCUT2D eigenvalue weighted by Crippen LogP contribution is -2.43. The number of pyridine rings is 1. The van der Waals surface area contributed by atoms with Crippen LogP contribution in [0.3, 0.4) is 0 Å². The Morgan fingerprint density at radius 1 is 0.979 bits per heavy atom. The number of benzene rings is 2. The molecule has 0 unspecified atom stereocenters. The molecule has 47 heavy (non-hydrogen) atoms. The van der Waals surface area contributed by atoms with Gasteiger partial charge in [-0.1, -0.05) is 30.3 Å². The third-order valence-corrected chi connectivity index (χ3v) is 9.84. The molecule has 2 amide bonds. The Morgan fingerprint density at radius 3 is 2.53 bits per heavy atom. The number of nitrogens with zero attached hydrogens (tertiary/aromatic N) is 8. The molecule has 0 aliphatic carbocycles. The average Bonchev–Trinajstić information content (AvgIpc) is 3.89. The number of carbonyl (C=O) groups is 2. The summed E-state index contributed by atoms with van der Waals surface area (Å²) >= 11 is 0. The van der Waals surface area contributed by atoms with Gasteiger partial charge in [0.25, 0.3) is 0 Å². The molecular weight excluding hydrogens is 597 g/mol. The van der Waals surface area contributed by atoms with E-state index >= 15 is 0 Å². The van der Waals surface area contributed by atoms with E-state index < -0.39 is 11.4 Å². The highest BCUT2D eigenvalue weighted by molar-refractivity contribution is 6.03. The molecule has 8 rings (SSSR count). The van der Waals surface area contributed by atoms with Gasteiger partial charge >= 0.3 is 0 Å². The quantitative estimate of drug-likeness (QED) is 0.278. The number of rotatable bonds is 6. The topological polar surface area (TPSA) is 116 Å². The van der Waals surface area contributed by atoms with Gasteiger partial charge in [-0.3, -0.25) is 24.3 Å². The average molecular weight is 632 g/mol. The first-order valence-electron chi connectivity index (χ1n) is 15.9. The fourth-order valence-electron chi connectivity index (χ4n) is 7.20. The molecule has 0 saturated carbocycles. The number of amides is 2. The van der Waals surface area contributed by atoms with Crippen LogP contribution in [0.25, 0.3) is 39.1 Å². The Kier molecular flexibility index (Phi) is 7.16. The van der Waals surface area contributed by atoms with Crippen LogP contribution in [0.2, 0.25) is 0 Å². The second-order valence-corrected chi connectivity index (χ2v) is 12.8. The zero-order valence-corrected chi connectivity index (χ0v) is 26.1. The number of hydrogen-bond donors (Lipinski definition) is 1. The molecule has 0 bridgehead atoms. The number of hydrogen-bond acceptors (Lipinski definition) is 7. The summed E-state index contributed by atoms with van der Waals surface area (Å²) in [5.74, 6) is 0.365. The molecule has 3 aliphatic rings. The van der Waals surface area contributed by atoms with Crippen LogP contribution >= 0.6 is 0 Å². The first kappa shape index (κ1) is 29.2. The van der Waals surface area contributed by atoms with Crippen LogP contribution in [0.5, 0.6) is 0 Å². The van der Waals surface area contributed by atoms with Crippen LogP contribution in [-0.4, -0.2) is 90.8 Å². The highest BCUT2D eigenvalue weighted by Gasteiger charge is 2.51. The molecule has 12 heteroatoms. The molecule has 11 nitrogen and oxygen atoms in total. The number of fused-ring (bicyclic) bond motifs is 1. The maximum Gasteiger partial charge on any atom is 0.237 e. The molecule has 1 N–H and O–H groups in total. The highest BCUT2D eigenvalue weighted by atomic mass is 19.1. The van der Waals surface area contributed by atoms with Crippen LogP contribution in [0.15, 0.2) is 73.2 Å². The number of H-pyrrole nitrogens is 1. The fourth-order valence-corrected chi connectivity index (χ4v) is 7.20. The predicted octanol–water partition coefficient (Wildman–Crippen LogP) is 4.30. The Morgan fingerprint density at radius 2 is 1.79 bits per heavy atom. The minimum Gasteiger partial charge on any atom is -0.338 e. The van der Waals surface area contributed by atoms with Crippen molar-refractivity contribution in [2.75, 3.05) is 44.2 Å². The molecular formula is C35H34FN9O2. The van der Waals surface area contributed by atoms with E-state index in [2.05, 4.69) is 48.4 Å². The minimum absolute atomic E-state index is 0.101. The molecule has 5 aromatic rings. The molecule has 2 fully saturated rings. The summed E-state index contributed by atoms with van der Waals surface area (Å²) in [4.78, 5) is 41.3. The van der Waals surface area contributed by atoms with Gasteiger partial charge in [0.2, 0.25) is 17.8 Å². The monoisotopic (exact) mass is 631 g/mol. The zero-order chi connectivity index (χ0) is 32.1. The van der Waals surface area contributed by atoms with Gasteiger partial charge in [-0.15, -0.1) is 0 Å². The molecule has 6 heterocycles. The summed E-state index contributed by atoms with van der Waals surface area (Å²) in [6.07, 6.45) is 7.58. The molecule has 1 spiro atoms. The number of aromatic amines is 1. The summed E-state index contributed by atoms with van der Waals surface area (Å²) in [5.41, 5.74) is 5.88. The zero-order valence-electron chi connectivity index (χ0n) is 26.1. The molecule has 238 valence electrons. The highest BCUT2D eigenvalue weighted by Crippen LogP contribution is 2.43. The van der Waals surface area contributed by atoms with Crippen LogP contribution in [0.1, 0.15) is 24.8 Å². The number of aromatic nitrogens is 6. The van der Waals surface area contributed by atoms with E-state index in [-0.39, 0.29) is 11.8 Å². The SMILES string of the molecule is Cn1cnc(-c2ccc(C3=CCN(C(=O)CN4CC[C@]5(CCN(c6ccc7[nH]nc(-c8ccc(F)nc8)c7c6)C5=O)C4)CC3)cc2)n1. The molecule has 1 atom stereocenters. The van der Waals surface area contributed by atoms with Gasteiger partial charge < -0.3 is 9.80 Å². The maximum absolute atomic E-state index is 13.9. The van der Waals surface area contributed by atoms with E-state index in [1.165, 1.54) is 17.8 Å². The first-order chi connectivity index (χ1) is 22.8. The maximum atomic E-state index is 13.9. The number of anilines is 1. The van der Waals surface area contributed by atoms with Crippen molar-refractivity contribution in [1.29, 1.82) is 0 Å². The largest absolute Gasteiger partial charge is 0.338 e. The van der Waals surface area contributed by atoms with Crippen molar-refractivity contribution < 1.29 is 14.0 Å². The molecule has 3 aromatic heterocycles. The van der Waals surface area contributed by atoms with E-state index in [0.29, 0.717) is 49.8 Å². The first-order valence-corrected chi connectivity index (χ1v) is 15.9. The summed E-state index contributed by atoms with van der Waals surface area (Å²) in [6, 6.07) is 17.0.